The quantitative estimate of drug-likeness (QED) is 0.510. The maximum Gasteiger partial charge on any atom is 0.303 e. The lowest BCUT2D eigenvalue weighted by Gasteiger charge is -2.53. The topological polar surface area (TPSA) is 91.3 Å². The summed E-state index contributed by atoms with van der Waals surface area (Å²) < 4.78 is 23.4. The van der Waals surface area contributed by atoms with Crippen LogP contribution in [0.3, 0.4) is 0 Å². The molecule has 0 radical (unpaired) electrons. The van der Waals surface area contributed by atoms with Gasteiger partial charge in [-0.2, -0.15) is 0 Å². The van der Waals surface area contributed by atoms with E-state index in [0.717, 1.165) is 5.57 Å². The minimum Gasteiger partial charge on any atom is -0.459 e. The molecule has 8 atom stereocenters. The number of rotatable bonds is 5. The predicted octanol–water partition coefficient (Wildman–Crippen LogP) is 2.46. The van der Waals surface area contributed by atoms with Crippen LogP contribution < -0.4 is 0 Å². The number of ketones is 1. The first kappa shape index (κ1) is 23.6. The molecule has 7 nitrogen and oxygen atoms in total. The van der Waals surface area contributed by atoms with Gasteiger partial charge in [-0.05, 0) is 18.1 Å². The molecule has 0 heterocycles. The average Bonchev–Trinajstić information content (AvgIpc) is 3.17. The van der Waals surface area contributed by atoms with Gasteiger partial charge in [-0.25, -0.2) is 0 Å². The van der Waals surface area contributed by atoms with Crippen molar-refractivity contribution in [3.63, 3.8) is 0 Å². The fourth-order valence-corrected chi connectivity index (χ4v) is 7.69. The van der Waals surface area contributed by atoms with E-state index in [2.05, 4.69) is 19.9 Å². The summed E-state index contributed by atoms with van der Waals surface area (Å²) in [5.41, 5.74) is -2.20. The third kappa shape index (κ3) is 2.57. The van der Waals surface area contributed by atoms with E-state index < -0.39 is 40.7 Å². The van der Waals surface area contributed by atoms with Gasteiger partial charge in [-0.15, -0.1) is 0 Å². The minimum absolute atomic E-state index is 0.115. The maximum atomic E-state index is 13.4. The normalized spacial score (nSPS) is 46.3. The third-order valence-corrected chi connectivity index (χ3v) is 9.05. The van der Waals surface area contributed by atoms with Crippen LogP contribution in [0.1, 0.15) is 41.0 Å². The summed E-state index contributed by atoms with van der Waals surface area (Å²) in [6, 6.07) is 0. The van der Waals surface area contributed by atoms with Gasteiger partial charge in [-0.1, -0.05) is 32.9 Å². The predicted molar refractivity (Wildman–Crippen MR) is 117 cm³/mol. The van der Waals surface area contributed by atoms with Gasteiger partial charge >= 0.3 is 5.97 Å². The highest BCUT2D eigenvalue weighted by molar-refractivity contribution is 6.05. The number of methoxy groups -OCH3 is 3. The van der Waals surface area contributed by atoms with Crippen molar-refractivity contribution in [3.8, 4) is 0 Å². The van der Waals surface area contributed by atoms with Gasteiger partial charge < -0.3 is 24.1 Å². The number of hydrogen-bond acceptors (Lipinski definition) is 7. The highest BCUT2D eigenvalue weighted by atomic mass is 16.6. The monoisotopic (exact) mass is 448 g/mol. The first-order valence-corrected chi connectivity index (χ1v) is 11.3. The Balaban J connectivity index is 1.98. The highest BCUT2D eigenvalue weighted by Crippen LogP contribution is 2.77. The van der Waals surface area contributed by atoms with E-state index in [0.29, 0.717) is 18.6 Å². The van der Waals surface area contributed by atoms with Gasteiger partial charge in [-0.3, -0.25) is 9.59 Å². The Morgan fingerprint density at radius 3 is 2.38 bits per heavy atom. The second kappa shape index (κ2) is 7.23. The molecule has 0 aliphatic heterocycles. The molecule has 4 aliphatic carbocycles. The highest BCUT2D eigenvalue weighted by Gasteiger charge is 2.86. The van der Waals surface area contributed by atoms with E-state index >= 15 is 0 Å². The van der Waals surface area contributed by atoms with E-state index in [1.165, 1.54) is 14.0 Å². The minimum atomic E-state index is -1.39. The summed E-state index contributed by atoms with van der Waals surface area (Å²) in [6.07, 6.45) is 3.61. The van der Waals surface area contributed by atoms with E-state index in [1.807, 2.05) is 13.0 Å². The standard InChI is InChI=1S/C25H36O7/c1-13-9-18-23(30-7,20(13)27)11-16(12-29-6)10-17-19-22(4,5)25(19,31-8)21(32-15(3)26)14(2)24(17,18)28/h9-10,14,17-19,21,28H,11-12H2,1-8H3. The van der Waals surface area contributed by atoms with Crippen molar-refractivity contribution in [3.05, 3.63) is 23.3 Å². The fourth-order valence-electron chi connectivity index (χ4n) is 7.69. The Hall–Kier alpha value is -1.54. The second-order valence-corrected chi connectivity index (χ2v) is 10.6. The van der Waals surface area contributed by atoms with Gasteiger partial charge in [0.2, 0.25) is 0 Å². The van der Waals surface area contributed by atoms with Gasteiger partial charge in [0.25, 0.3) is 0 Å². The fraction of sp³-hybridized carbons (Fsp3) is 0.760. The summed E-state index contributed by atoms with van der Waals surface area (Å²) >= 11 is 0. The molecule has 8 unspecified atom stereocenters. The van der Waals surface area contributed by atoms with Gasteiger partial charge in [0.05, 0.1) is 12.2 Å². The Bertz CT molecular complexity index is 904. The molecule has 0 spiro atoms. The molecule has 1 N–H and O–H groups in total. The Morgan fingerprint density at radius 1 is 1.19 bits per heavy atom. The number of ether oxygens (including phenoxy) is 4. The van der Waals surface area contributed by atoms with E-state index in [-0.39, 0.29) is 23.0 Å². The summed E-state index contributed by atoms with van der Waals surface area (Å²) in [5, 5.41) is 12.6. The SMILES string of the molecule is COCC1=CC2C3C(C)(C)C3(OC)C(OC(C)=O)C(C)C2(O)C2C=C(C)C(=O)C2(OC)C1. The number of carbonyl (C=O) groups is 2. The summed E-state index contributed by atoms with van der Waals surface area (Å²) in [6.45, 7) is 9.57. The summed E-state index contributed by atoms with van der Waals surface area (Å²) in [5.74, 6) is -2.09. The van der Waals surface area contributed by atoms with Gasteiger partial charge in [0, 0.05) is 63.8 Å². The van der Waals surface area contributed by atoms with Crippen LogP contribution in [-0.4, -0.2) is 67.7 Å². The molecular weight excluding hydrogens is 412 g/mol. The molecule has 0 aromatic heterocycles. The molecule has 2 saturated carbocycles. The first-order valence-electron chi connectivity index (χ1n) is 11.3. The first-order chi connectivity index (χ1) is 14.9. The van der Waals surface area contributed by atoms with Crippen molar-refractivity contribution in [1.82, 2.24) is 0 Å². The molecule has 0 saturated heterocycles. The zero-order chi connectivity index (χ0) is 23.9. The Morgan fingerprint density at radius 2 is 1.84 bits per heavy atom. The maximum absolute atomic E-state index is 13.4. The molecule has 178 valence electrons. The lowest BCUT2D eigenvalue weighted by Crippen LogP contribution is -2.66. The lowest BCUT2D eigenvalue weighted by molar-refractivity contribution is -0.226. The van der Waals surface area contributed by atoms with Gasteiger partial charge in [0.1, 0.15) is 17.3 Å². The smallest absolute Gasteiger partial charge is 0.303 e. The summed E-state index contributed by atoms with van der Waals surface area (Å²) in [4.78, 5) is 25.6. The van der Waals surface area contributed by atoms with Crippen LogP contribution in [-0.2, 0) is 28.5 Å². The molecule has 4 rings (SSSR count). The van der Waals surface area contributed by atoms with Crippen LogP contribution in [0.25, 0.3) is 0 Å². The van der Waals surface area contributed by atoms with E-state index in [4.69, 9.17) is 18.9 Å². The van der Waals surface area contributed by atoms with Crippen LogP contribution >= 0.6 is 0 Å². The van der Waals surface area contributed by atoms with Crippen LogP contribution in [0, 0.1) is 29.1 Å². The molecule has 0 aromatic rings. The van der Waals surface area contributed by atoms with Crippen molar-refractivity contribution < 1.29 is 33.6 Å². The molecule has 4 aliphatic rings. The number of aliphatic hydroxyl groups is 1. The molecule has 2 fully saturated rings. The molecule has 7 heteroatoms. The number of carbonyl (C=O) groups excluding carboxylic acids is 2. The number of esters is 1. The lowest BCUT2D eigenvalue weighted by atomic mass is 9.59. The average molecular weight is 449 g/mol. The summed E-state index contributed by atoms with van der Waals surface area (Å²) in [7, 11) is 4.80. The molecule has 0 aromatic carbocycles. The van der Waals surface area contributed by atoms with Crippen LogP contribution in [0.5, 0.6) is 0 Å². The van der Waals surface area contributed by atoms with Crippen molar-refractivity contribution in [1.29, 1.82) is 0 Å². The van der Waals surface area contributed by atoms with E-state index in [1.54, 1.807) is 21.1 Å². The van der Waals surface area contributed by atoms with Crippen molar-refractivity contribution in [2.75, 3.05) is 27.9 Å². The number of fused-ring (bicyclic) bond motifs is 5. The number of hydrogen-bond donors (Lipinski definition) is 1. The molecule has 0 bridgehead atoms. The molecule has 32 heavy (non-hydrogen) atoms. The van der Waals surface area contributed by atoms with Crippen LogP contribution in [0.2, 0.25) is 0 Å². The van der Waals surface area contributed by atoms with Crippen molar-refractivity contribution >= 4 is 11.8 Å². The van der Waals surface area contributed by atoms with Crippen molar-refractivity contribution in [2.24, 2.45) is 29.1 Å². The zero-order valence-electron chi connectivity index (χ0n) is 20.4. The van der Waals surface area contributed by atoms with Gasteiger partial charge in [0.15, 0.2) is 5.78 Å². The van der Waals surface area contributed by atoms with E-state index in [9.17, 15) is 14.7 Å². The third-order valence-electron chi connectivity index (χ3n) is 9.05. The zero-order valence-corrected chi connectivity index (χ0v) is 20.4. The molecular formula is C25H36O7. The number of Topliss-reactive ketones (excluding diaryl/α,β-unsaturated/α-hetero) is 1. The van der Waals surface area contributed by atoms with Crippen LogP contribution in [0.4, 0.5) is 0 Å². The second-order valence-electron chi connectivity index (χ2n) is 10.6. The van der Waals surface area contributed by atoms with Crippen LogP contribution in [0.15, 0.2) is 23.3 Å². The van der Waals surface area contributed by atoms with Crippen molar-refractivity contribution in [2.45, 2.75) is 63.9 Å². The Labute approximate surface area is 190 Å². The molecule has 0 amide bonds. The Kier molecular flexibility index (Phi) is 5.33. The largest absolute Gasteiger partial charge is 0.459 e.